The molecule has 0 spiro atoms. The van der Waals surface area contributed by atoms with Crippen molar-refractivity contribution in [1.82, 2.24) is 4.98 Å². The lowest BCUT2D eigenvalue weighted by molar-refractivity contribution is -0.118. The molecule has 1 amide bonds. The van der Waals surface area contributed by atoms with E-state index in [1.54, 1.807) is 12.1 Å². The molecule has 4 rings (SSSR count). The summed E-state index contributed by atoms with van der Waals surface area (Å²) in [5.41, 5.74) is 3.36. The lowest BCUT2D eigenvalue weighted by atomic mass is 10.1. The first-order valence-corrected chi connectivity index (χ1v) is 7.89. The Kier molecular flexibility index (Phi) is 3.24. The van der Waals surface area contributed by atoms with Crippen LogP contribution in [0.1, 0.15) is 0 Å². The molecule has 5 nitrogen and oxygen atoms in total. The zero-order valence-electron chi connectivity index (χ0n) is 11.9. The van der Waals surface area contributed by atoms with Gasteiger partial charge in [-0.3, -0.25) is 4.79 Å². The molecule has 0 aliphatic carbocycles. The highest BCUT2D eigenvalue weighted by atomic mass is 32.1. The molecule has 3 aromatic rings. The number of thiazole rings is 1. The fraction of sp³-hybridized carbons (Fsp3) is 0.0588. The van der Waals surface area contributed by atoms with E-state index in [-0.39, 0.29) is 18.3 Å². The Hall–Kier alpha value is -2.86. The molecule has 6 heteroatoms. The van der Waals surface area contributed by atoms with Gasteiger partial charge in [0.05, 0.1) is 11.4 Å². The van der Waals surface area contributed by atoms with Gasteiger partial charge in [0, 0.05) is 16.5 Å². The van der Waals surface area contributed by atoms with Crippen LogP contribution in [0.4, 0.5) is 5.69 Å². The summed E-state index contributed by atoms with van der Waals surface area (Å²) in [6, 6.07) is 12.6. The molecule has 2 N–H and O–H groups in total. The van der Waals surface area contributed by atoms with Crippen LogP contribution in [0, 0.1) is 0 Å². The van der Waals surface area contributed by atoms with Crippen molar-refractivity contribution < 1.29 is 14.6 Å². The van der Waals surface area contributed by atoms with E-state index in [4.69, 9.17) is 4.74 Å². The Morgan fingerprint density at radius 3 is 2.74 bits per heavy atom. The fourth-order valence-electron chi connectivity index (χ4n) is 2.39. The number of phenols is 1. The summed E-state index contributed by atoms with van der Waals surface area (Å²) >= 11 is 1.53. The van der Waals surface area contributed by atoms with Gasteiger partial charge in [-0.2, -0.15) is 0 Å². The molecule has 0 unspecified atom stereocenters. The van der Waals surface area contributed by atoms with Gasteiger partial charge >= 0.3 is 0 Å². The minimum Gasteiger partial charge on any atom is -0.508 e. The van der Waals surface area contributed by atoms with E-state index in [2.05, 4.69) is 10.3 Å². The summed E-state index contributed by atoms with van der Waals surface area (Å²) < 4.78 is 5.36. The van der Waals surface area contributed by atoms with Crippen molar-refractivity contribution in [3.8, 4) is 33.3 Å². The van der Waals surface area contributed by atoms with Crippen LogP contribution in [0.3, 0.4) is 0 Å². The monoisotopic (exact) mass is 324 g/mol. The Balaban J connectivity index is 1.68. The van der Waals surface area contributed by atoms with E-state index < -0.39 is 0 Å². The number of aromatic hydroxyl groups is 1. The third-order valence-corrected chi connectivity index (χ3v) is 4.42. The van der Waals surface area contributed by atoms with E-state index in [9.17, 15) is 9.90 Å². The predicted molar refractivity (Wildman–Crippen MR) is 88.8 cm³/mol. The molecular weight excluding hydrogens is 312 g/mol. The molecule has 0 radical (unpaired) electrons. The van der Waals surface area contributed by atoms with Crippen LogP contribution in [0.25, 0.3) is 21.8 Å². The molecule has 0 saturated carbocycles. The predicted octanol–water partition coefficient (Wildman–Crippen LogP) is 3.51. The largest absolute Gasteiger partial charge is 0.508 e. The van der Waals surface area contributed by atoms with E-state index in [0.29, 0.717) is 11.4 Å². The van der Waals surface area contributed by atoms with Crippen LogP contribution >= 0.6 is 11.3 Å². The van der Waals surface area contributed by atoms with Crippen molar-refractivity contribution in [3.05, 3.63) is 47.8 Å². The second kappa shape index (κ2) is 5.40. The first kappa shape index (κ1) is 13.8. The maximum atomic E-state index is 11.4. The molecule has 0 fully saturated rings. The fourth-order valence-corrected chi connectivity index (χ4v) is 3.22. The van der Waals surface area contributed by atoms with Crippen molar-refractivity contribution in [2.45, 2.75) is 0 Å². The first-order valence-electron chi connectivity index (χ1n) is 7.01. The number of amides is 1. The molecule has 0 saturated heterocycles. The van der Waals surface area contributed by atoms with Gasteiger partial charge in [-0.05, 0) is 42.5 Å². The average Bonchev–Trinajstić information content (AvgIpc) is 3.05. The van der Waals surface area contributed by atoms with Gasteiger partial charge in [-0.1, -0.05) is 0 Å². The number of nitrogens with zero attached hydrogens (tertiary/aromatic N) is 1. The summed E-state index contributed by atoms with van der Waals surface area (Å²) in [6.45, 7) is 0.0497. The summed E-state index contributed by atoms with van der Waals surface area (Å²) in [5.74, 6) is 0.746. The van der Waals surface area contributed by atoms with Crippen LogP contribution in [0.5, 0.6) is 11.5 Å². The summed E-state index contributed by atoms with van der Waals surface area (Å²) in [7, 11) is 0. The van der Waals surface area contributed by atoms with E-state index in [1.807, 2.05) is 35.7 Å². The number of benzene rings is 2. The second-order valence-electron chi connectivity index (χ2n) is 5.13. The Morgan fingerprint density at radius 1 is 1.13 bits per heavy atom. The van der Waals surface area contributed by atoms with Crippen molar-refractivity contribution in [2.75, 3.05) is 11.9 Å². The number of nitrogens with one attached hydrogen (secondary N) is 1. The maximum Gasteiger partial charge on any atom is 0.262 e. The smallest absolute Gasteiger partial charge is 0.262 e. The number of anilines is 1. The molecule has 0 bridgehead atoms. The average molecular weight is 324 g/mol. The van der Waals surface area contributed by atoms with Gasteiger partial charge < -0.3 is 15.2 Å². The number of carbonyl (C=O) groups is 1. The molecule has 0 atom stereocenters. The maximum absolute atomic E-state index is 11.4. The molecule has 1 aliphatic rings. The van der Waals surface area contributed by atoms with Gasteiger partial charge in [0.2, 0.25) is 0 Å². The molecule has 23 heavy (non-hydrogen) atoms. The van der Waals surface area contributed by atoms with Gasteiger partial charge in [-0.15, -0.1) is 11.3 Å². The molecule has 1 aromatic heterocycles. The number of fused-ring (bicyclic) bond motifs is 1. The third-order valence-electron chi connectivity index (χ3n) is 3.53. The number of carbonyl (C=O) groups excluding carboxylic acids is 1. The number of aromatic nitrogens is 1. The standard InChI is InChI=1S/C17H12N2O3S/c20-12-4-1-10(2-5-12)17-19-14(9-23-17)11-3-6-15-13(7-11)18-16(21)8-22-15/h1-7,9,20H,8H2,(H,18,21). The van der Waals surface area contributed by atoms with Crippen molar-refractivity contribution >= 4 is 22.9 Å². The summed E-state index contributed by atoms with van der Waals surface area (Å²) in [4.78, 5) is 16.1. The number of rotatable bonds is 2. The first-order chi connectivity index (χ1) is 11.2. The zero-order valence-corrected chi connectivity index (χ0v) is 12.8. The van der Waals surface area contributed by atoms with Crippen LogP contribution in [0.2, 0.25) is 0 Å². The summed E-state index contributed by atoms with van der Waals surface area (Å²) in [6.07, 6.45) is 0. The molecule has 1 aliphatic heterocycles. The Bertz CT molecular complexity index is 887. The van der Waals surface area contributed by atoms with Crippen molar-refractivity contribution in [1.29, 1.82) is 0 Å². The molecular formula is C17H12N2O3S. The number of hydrogen-bond acceptors (Lipinski definition) is 5. The lowest BCUT2D eigenvalue weighted by Crippen LogP contribution is -2.25. The van der Waals surface area contributed by atoms with Gasteiger partial charge in [0.1, 0.15) is 16.5 Å². The minimum absolute atomic E-state index is 0.0497. The third kappa shape index (κ3) is 2.64. The molecule has 2 aromatic carbocycles. The number of ether oxygens (including phenoxy) is 1. The van der Waals surface area contributed by atoms with Crippen molar-refractivity contribution in [2.24, 2.45) is 0 Å². The Labute approximate surface area is 136 Å². The van der Waals surface area contributed by atoms with Crippen LogP contribution in [-0.2, 0) is 4.79 Å². The van der Waals surface area contributed by atoms with E-state index in [0.717, 1.165) is 21.8 Å². The normalized spacial score (nSPS) is 13.1. The highest BCUT2D eigenvalue weighted by Gasteiger charge is 2.17. The van der Waals surface area contributed by atoms with Crippen LogP contribution in [0.15, 0.2) is 47.8 Å². The SMILES string of the molecule is O=C1COc2ccc(-c3csc(-c4ccc(O)cc4)n3)cc2N1. The van der Waals surface area contributed by atoms with Crippen LogP contribution < -0.4 is 10.1 Å². The lowest BCUT2D eigenvalue weighted by Gasteiger charge is -2.18. The second-order valence-corrected chi connectivity index (χ2v) is 5.99. The van der Waals surface area contributed by atoms with Gasteiger partial charge in [-0.25, -0.2) is 4.98 Å². The molecule has 114 valence electrons. The highest BCUT2D eigenvalue weighted by Crippen LogP contribution is 2.35. The zero-order chi connectivity index (χ0) is 15.8. The van der Waals surface area contributed by atoms with Gasteiger partial charge in [0.15, 0.2) is 6.61 Å². The van der Waals surface area contributed by atoms with E-state index in [1.165, 1.54) is 11.3 Å². The highest BCUT2D eigenvalue weighted by molar-refractivity contribution is 7.13. The Morgan fingerprint density at radius 2 is 1.91 bits per heavy atom. The quantitative estimate of drug-likeness (QED) is 0.756. The van der Waals surface area contributed by atoms with Crippen LogP contribution in [-0.4, -0.2) is 22.6 Å². The number of phenolic OH excluding ortho intramolecular Hbond substituents is 1. The van der Waals surface area contributed by atoms with Crippen molar-refractivity contribution in [3.63, 3.8) is 0 Å². The summed E-state index contributed by atoms with van der Waals surface area (Å²) in [5, 5.41) is 15.0. The number of hydrogen-bond donors (Lipinski definition) is 2. The van der Waals surface area contributed by atoms with E-state index >= 15 is 0 Å². The topological polar surface area (TPSA) is 71.5 Å². The molecule has 2 heterocycles. The van der Waals surface area contributed by atoms with Gasteiger partial charge in [0.25, 0.3) is 5.91 Å². The minimum atomic E-state index is -0.155.